The van der Waals surface area contributed by atoms with Crippen molar-refractivity contribution in [3.8, 4) is 0 Å². The Hall–Kier alpha value is -0.630. The molecule has 0 spiro atoms. The minimum atomic E-state index is -0.475. The van der Waals surface area contributed by atoms with Crippen LogP contribution in [0.3, 0.4) is 0 Å². The summed E-state index contributed by atoms with van der Waals surface area (Å²) in [4.78, 5) is 12.0. The van der Waals surface area contributed by atoms with Crippen molar-refractivity contribution in [2.75, 3.05) is 0 Å². The molecule has 0 bridgehead atoms. The van der Waals surface area contributed by atoms with Gasteiger partial charge in [-0.1, -0.05) is 12.5 Å². The fourth-order valence-corrected chi connectivity index (χ4v) is 6.75. The van der Waals surface area contributed by atoms with E-state index in [1.54, 1.807) is 0 Å². The average Bonchev–Trinajstić information content (AvgIpc) is 2.73. The normalized spacial score (nSPS) is 51.4. The largest absolute Gasteiger partial charge is 0.390 e. The predicted octanol–water partition coefficient (Wildman–Crippen LogP) is 4.27. The number of fused-ring (bicyclic) bond motifs is 5. The molecule has 4 aliphatic carbocycles. The summed E-state index contributed by atoms with van der Waals surface area (Å²) in [5.74, 6) is 3.32. The molecule has 0 aromatic heterocycles. The number of ketones is 1. The van der Waals surface area contributed by atoms with Crippen molar-refractivity contribution in [2.24, 2.45) is 29.1 Å². The highest BCUT2D eigenvalue weighted by atomic mass is 16.3. The summed E-state index contributed by atoms with van der Waals surface area (Å²) in [6.07, 6.45) is 8.84. The third-order valence-corrected chi connectivity index (χ3v) is 8.35. The Morgan fingerprint density at radius 1 is 1.00 bits per heavy atom. The number of hydrogen-bond acceptors (Lipinski definition) is 2. The van der Waals surface area contributed by atoms with Crippen LogP contribution in [0.4, 0.5) is 0 Å². The molecule has 0 aliphatic heterocycles. The van der Waals surface area contributed by atoms with Crippen molar-refractivity contribution in [2.45, 2.75) is 77.7 Å². The highest BCUT2D eigenvalue weighted by Gasteiger charge is 2.60. The number of carbonyl (C=O) groups excluding carboxylic acids is 1. The molecule has 1 N–H and O–H groups in total. The first-order valence-electron chi connectivity index (χ1n) is 9.30. The van der Waals surface area contributed by atoms with Crippen molar-refractivity contribution in [3.05, 3.63) is 11.1 Å². The van der Waals surface area contributed by atoms with E-state index in [9.17, 15) is 9.90 Å². The third kappa shape index (κ3) is 1.79. The minimum absolute atomic E-state index is 0.120. The van der Waals surface area contributed by atoms with E-state index in [0.29, 0.717) is 17.6 Å². The molecule has 2 heteroatoms. The van der Waals surface area contributed by atoms with E-state index >= 15 is 0 Å². The van der Waals surface area contributed by atoms with E-state index in [1.165, 1.54) is 31.3 Å². The van der Waals surface area contributed by atoms with Crippen LogP contribution in [-0.4, -0.2) is 16.5 Å². The number of carbonyl (C=O) groups is 1. The van der Waals surface area contributed by atoms with Crippen LogP contribution in [-0.2, 0) is 4.79 Å². The van der Waals surface area contributed by atoms with E-state index in [4.69, 9.17) is 0 Å². The fourth-order valence-electron chi connectivity index (χ4n) is 6.75. The lowest BCUT2D eigenvalue weighted by Crippen LogP contribution is -2.51. The number of aliphatic hydroxyl groups is 1. The number of Topliss-reactive ketones (excluding diaryl/α,β-unsaturated/α-hetero) is 1. The molecule has 6 atom stereocenters. The van der Waals surface area contributed by atoms with Crippen LogP contribution in [0.15, 0.2) is 11.1 Å². The molecular formula is C20H30O2. The van der Waals surface area contributed by atoms with Crippen LogP contribution in [0.5, 0.6) is 0 Å². The second-order valence-electron chi connectivity index (χ2n) is 8.96. The van der Waals surface area contributed by atoms with Crippen molar-refractivity contribution < 1.29 is 9.90 Å². The van der Waals surface area contributed by atoms with E-state index in [1.807, 2.05) is 0 Å². The van der Waals surface area contributed by atoms with Crippen molar-refractivity contribution in [3.63, 3.8) is 0 Å². The lowest BCUT2D eigenvalue weighted by atomic mass is 9.50. The first-order chi connectivity index (χ1) is 10.3. The number of allylic oxidation sites excluding steroid dienone is 1. The monoisotopic (exact) mass is 302 g/mol. The molecular weight excluding hydrogens is 272 g/mol. The maximum Gasteiger partial charge on any atom is 0.158 e. The average molecular weight is 302 g/mol. The Morgan fingerprint density at radius 2 is 1.77 bits per heavy atom. The summed E-state index contributed by atoms with van der Waals surface area (Å²) < 4.78 is 0. The van der Waals surface area contributed by atoms with Gasteiger partial charge in [0.15, 0.2) is 5.78 Å². The molecule has 0 unspecified atom stereocenters. The molecule has 0 amide bonds. The van der Waals surface area contributed by atoms with Crippen molar-refractivity contribution in [1.29, 1.82) is 0 Å². The Bertz CT molecular complexity index is 544. The topological polar surface area (TPSA) is 37.3 Å². The van der Waals surface area contributed by atoms with Crippen LogP contribution >= 0.6 is 0 Å². The number of rotatable bonds is 0. The molecule has 0 aromatic rings. The van der Waals surface area contributed by atoms with Crippen LogP contribution in [0.25, 0.3) is 0 Å². The summed E-state index contributed by atoms with van der Waals surface area (Å²) in [6.45, 7) is 6.49. The van der Waals surface area contributed by atoms with Gasteiger partial charge in [0.05, 0.1) is 5.60 Å². The van der Waals surface area contributed by atoms with Gasteiger partial charge in [0.2, 0.25) is 0 Å². The molecule has 4 aliphatic rings. The summed E-state index contributed by atoms with van der Waals surface area (Å²) in [6, 6.07) is 0. The van der Waals surface area contributed by atoms with Gasteiger partial charge in [0.1, 0.15) is 0 Å². The molecule has 0 aromatic carbocycles. The summed E-state index contributed by atoms with van der Waals surface area (Å²) in [7, 11) is 0. The summed E-state index contributed by atoms with van der Waals surface area (Å²) in [5.41, 5.74) is 2.25. The molecule has 0 radical (unpaired) electrons. The summed E-state index contributed by atoms with van der Waals surface area (Å²) >= 11 is 0. The second kappa shape index (κ2) is 4.69. The highest BCUT2D eigenvalue weighted by molar-refractivity contribution is 5.96. The van der Waals surface area contributed by atoms with Crippen LogP contribution < -0.4 is 0 Å². The minimum Gasteiger partial charge on any atom is -0.390 e. The third-order valence-electron chi connectivity index (χ3n) is 8.35. The predicted molar refractivity (Wildman–Crippen MR) is 87.3 cm³/mol. The van der Waals surface area contributed by atoms with Crippen molar-refractivity contribution >= 4 is 5.78 Å². The zero-order valence-corrected chi connectivity index (χ0v) is 14.3. The maximum atomic E-state index is 12.0. The zero-order chi connectivity index (χ0) is 15.7. The fraction of sp³-hybridized carbons (Fsp3) is 0.850. The van der Waals surface area contributed by atoms with Gasteiger partial charge < -0.3 is 5.11 Å². The van der Waals surface area contributed by atoms with Crippen LogP contribution in [0.1, 0.15) is 72.1 Å². The summed E-state index contributed by atoms with van der Waals surface area (Å²) in [5, 5.41) is 10.9. The quantitative estimate of drug-likeness (QED) is 0.725. The molecule has 3 saturated carbocycles. The molecule has 22 heavy (non-hydrogen) atoms. The first-order valence-corrected chi connectivity index (χ1v) is 9.30. The second-order valence-corrected chi connectivity index (χ2v) is 8.96. The van der Waals surface area contributed by atoms with E-state index in [2.05, 4.69) is 20.8 Å². The lowest BCUT2D eigenvalue weighted by Gasteiger charge is -2.55. The van der Waals surface area contributed by atoms with E-state index in [0.717, 1.165) is 43.1 Å². The van der Waals surface area contributed by atoms with E-state index in [-0.39, 0.29) is 5.41 Å². The van der Waals surface area contributed by atoms with Crippen LogP contribution in [0, 0.1) is 29.1 Å². The first kappa shape index (κ1) is 14.9. The molecule has 2 nitrogen and oxygen atoms in total. The highest BCUT2D eigenvalue weighted by Crippen LogP contribution is 2.64. The van der Waals surface area contributed by atoms with Gasteiger partial charge in [-0.3, -0.25) is 4.79 Å². The lowest BCUT2D eigenvalue weighted by molar-refractivity contribution is -0.119. The van der Waals surface area contributed by atoms with Gasteiger partial charge in [0, 0.05) is 6.42 Å². The number of hydrogen-bond donors (Lipinski definition) is 1. The van der Waals surface area contributed by atoms with Gasteiger partial charge >= 0.3 is 0 Å². The SMILES string of the molecule is CC1=C2CC[C@@H]3[C@H](CC[C@@]4(C)[C@H]3CC[C@]4(C)O)[C@H]2CCC1=O. The van der Waals surface area contributed by atoms with Crippen LogP contribution in [0.2, 0.25) is 0 Å². The van der Waals surface area contributed by atoms with Gasteiger partial charge in [-0.25, -0.2) is 0 Å². The van der Waals surface area contributed by atoms with Gasteiger partial charge in [-0.05, 0) is 93.5 Å². The molecule has 3 fully saturated rings. The Kier molecular flexibility index (Phi) is 3.18. The molecule has 122 valence electrons. The molecule has 4 rings (SSSR count). The maximum absolute atomic E-state index is 12.0. The standard InChI is InChI=1S/C20H30O2/c1-12-13-4-5-16-15(14(13)6-7-18(12)21)8-10-19(2)17(16)9-11-20(19,3)22/h14-17,22H,4-11H2,1-3H3/t14-,15+,16+,17-,19-,20-/m0/s1. The smallest absolute Gasteiger partial charge is 0.158 e. The van der Waals surface area contributed by atoms with Crippen molar-refractivity contribution in [1.82, 2.24) is 0 Å². The Balaban J connectivity index is 1.67. The van der Waals surface area contributed by atoms with Gasteiger partial charge in [0.25, 0.3) is 0 Å². The van der Waals surface area contributed by atoms with Gasteiger partial charge in [-0.15, -0.1) is 0 Å². The van der Waals surface area contributed by atoms with E-state index < -0.39 is 5.60 Å². The zero-order valence-electron chi connectivity index (χ0n) is 14.3. The molecule has 0 saturated heterocycles. The Morgan fingerprint density at radius 3 is 2.55 bits per heavy atom. The Labute approximate surface area is 134 Å². The molecule has 0 heterocycles. The van der Waals surface area contributed by atoms with Gasteiger partial charge in [-0.2, -0.15) is 0 Å².